The van der Waals surface area contributed by atoms with Crippen molar-refractivity contribution in [3.63, 3.8) is 0 Å². The molecule has 0 spiro atoms. The molecule has 6 heteroatoms. The van der Waals surface area contributed by atoms with Crippen LogP contribution in [0.25, 0.3) is 11.0 Å². The van der Waals surface area contributed by atoms with Crippen molar-refractivity contribution in [3.8, 4) is 0 Å². The molecule has 6 nitrogen and oxygen atoms in total. The Hall–Kier alpha value is -2.73. The number of imidazole rings is 1. The van der Waals surface area contributed by atoms with E-state index in [0.717, 1.165) is 16.6 Å². The largest absolute Gasteiger partial charge is 0.395 e. The van der Waals surface area contributed by atoms with Gasteiger partial charge in [0.2, 0.25) is 0 Å². The second kappa shape index (κ2) is 6.58. The zero-order chi connectivity index (χ0) is 16.2. The predicted octanol–water partition coefficient (Wildman–Crippen LogP) is 1.60. The van der Waals surface area contributed by atoms with Crippen LogP contribution in [0.4, 0.5) is 0 Å². The zero-order valence-electron chi connectivity index (χ0n) is 12.9. The van der Waals surface area contributed by atoms with Crippen LogP contribution in [0.1, 0.15) is 15.9 Å². The molecule has 0 unspecified atom stereocenters. The van der Waals surface area contributed by atoms with E-state index in [4.69, 9.17) is 0 Å². The molecule has 0 bridgehead atoms. The Labute approximate surface area is 134 Å². The molecule has 2 aromatic heterocycles. The highest BCUT2D eigenvalue weighted by Crippen LogP contribution is 2.16. The summed E-state index contributed by atoms with van der Waals surface area (Å²) in [6.07, 6.45) is 5.14. The number of rotatable bonds is 5. The lowest BCUT2D eigenvalue weighted by Gasteiger charge is -2.21. The van der Waals surface area contributed by atoms with Crippen molar-refractivity contribution in [1.29, 1.82) is 0 Å². The number of benzene rings is 1. The minimum Gasteiger partial charge on any atom is -0.395 e. The van der Waals surface area contributed by atoms with Gasteiger partial charge in [-0.05, 0) is 29.8 Å². The number of pyridine rings is 1. The lowest BCUT2D eigenvalue weighted by atomic mass is 10.1. The Morgan fingerprint density at radius 1 is 1.35 bits per heavy atom. The highest BCUT2D eigenvalue weighted by molar-refractivity contribution is 5.97. The number of aryl methyl sites for hydroxylation is 1. The molecule has 0 saturated heterocycles. The highest BCUT2D eigenvalue weighted by Gasteiger charge is 2.17. The van der Waals surface area contributed by atoms with E-state index in [1.165, 1.54) is 0 Å². The molecular weight excluding hydrogens is 292 g/mol. The van der Waals surface area contributed by atoms with Crippen LogP contribution in [0.3, 0.4) is 0 Å². The van der Waals surface area contributed by atoms with Gasteiger partial charge in [-0.1, -0.05) is 6.07 Å². The number of nitrogens with zero attached hydrogens (tertiary/aromatic N) is 4. The van der Waals surface area contributed by atoms with Gasteiger partial charge in [-0.15, -0.1) is 0 Å². The van der Waals surface area contributed by atoms with Crippen molar-refractivity contribution < 1.29 is 9.90 Å². The standard InChI is InChI=1S/C17H18N4O2/c1-20-12-19-15-9-14(4-5-16(15)20)17(23)21(7-8-22)11-13-3-2-6-18-10-13/h2-6,9-10,12,22H,7-8,11H2,1H3. The van der Waals surface area contributed by atoms with Crippen molar-refractivity contribution in [3.05, 3.63) is 60.2 Å². The summed E-state index contributed by atoms with van der Waals surface area (Å²) in [5.74, 6) is -0.129. The minimum atomic E-state index is -0.129. The normalized spacial score (nSPS) is 10.9. The van der Waals surface area contributed by atoms with Gasteiger partial charge in [0, 0.05) is 38.1 Å². The molecule has 0 aliphatic carbocycles. The quantitative estimate of drug-likeness (QED) is 0.777. The molecule has 3 aromatic rings. The Morgan fingerprint density at radius 2 is 2.22 bits per heavy atom. The summed E-state index contributed by atoms with van der Waals surface area (Å²) in [6, 6.07) is 9.20. The molecule has 118 valence electrons. The Bertz CT molecular complexity index is 814. The summed E-state index contributed by atoms with van der Waals surface area (Å²) < 4.78 is 1.91. The number of aliphatic hydroxyl groups excluding tert-OH is 1. The molecule has 0 saturated carbocycles. The van der Waals surface area contributed by atoms with Crippen LogP contribution in [0.2, 0.25) is 0 Å². The molecule has 0 fully saturated rings. The fraction of sp³-hybridized carbons (Fsp3) is 0.235. The number of hydrogen-bond donors (Lipinski definition) is 1. The average molecular weight is 310 g/mol. The van der Waals surface area contributed by atoms with Crippen molar-refractivity contribution in [2.24, 2.45) is 7.05 Å². The third kappa shape index (κ3) is 3.22. The Morgan fingerprint density at radius 3 is 2.96 bits per heavy atom. The van der Waals surface area contributed by atoms with Gasteiger partial charge in [0.15, 0.2) is 0 Å². The van der Waals surface area contributed by atoms with E-state index in [0.29, 0.717) is 12.1 Å². The molecule has 0 aliphatic rings. The van der Waals surface area contributed by atoms with E-state index in [9.17, 15) is 9.90 Å². The lowest BCUT2D eigenvalue weighted by Crippen LogP contribution is -2.33. The first-order chi connectivity index (χ1) is 11.2. The van der Waals surface area contributed by atoms with Crippen LogP contribution in [0, 0.1) is 0 Å². The number of carbonyl (C=O) groups is 1. The van der Waals surface area contributed by atoms with E-state index in [1.54, 1.807) is 35.8 Å². The number of aromatic nitrogens is 3. The van der Waals surface area contributed by atoms with E-state index in [-0.39, 0.29) is 19.1 Å². The lowest BCUT2D eigenvalue weighted by molar-refractivity contribution is 0.0708. The highest BCUT2D eigenvalue weighted by atomic mass is 16.3. The van der Waals surface area contributed by atoms with Crippen molar-refractivity contribution >= 4 is 16.9 Å². The first kappa shape index (κ1) is 15.2. The van der Waals surface area contributed by atoms with E-state index in [2.05, 4.69) is 9.97 Å². The topological polar surface area (TPSA) is 71.2 Å². The first-order valence-electron chi connectivity index (χ1n) is 7.39. The van der Waals surface area contributed by atoms with Gasteiger partial charge < -0.3 is 14.6 Å². The average Bonchev–Trinajstić information content (AvgIpc) is 2.95. The van der Waals surface area contributed by atoms with Crippen LogP contribution < -0.4 is 0 Å². The molecule has 1 N–H and O–H groups in total. The second-order valence-corrected chi connectivity index (χ2v) is 5.37. The van der Waals surface area contributed by atoms with Crippen LogP contribution in [-0.2, 0) is 13.6 Å². The third-order valence-corrected chi connectivity index (χ3v) is 3.73. The summed E-state index contributed by atoms with van der Waals surface area (Å²) in [4.78, 5) is 22.7. The zero-order valence-corrected chi connectivity index (χ0v) is 12.9. The monoisotopic (exact) mass is 310 g/mol. The molecule has 0 radical (unpaired) electrons. The SMILES string of the molecule is Cn1cnc2cc(C(=O)N(CCO)Cc3cccnc3)ccc21. The first-order valence-corrected chi connectivity index (χ1v) is 7.39. The Kier molecular flexibility index (Phi) is 4.34. The fourth-order valence-electron chi connectivity index (χ4n) is 2.54. The van der Waals surface area contributed by atoms with Gasteiger partial charge in [0.1, 0.15) is 0 Å². The molecule has 1 amide bonds. The van der Waals surface area contributed by atoms with Gasteiger partial charge in [-0.2, -0.15) is 0 Å². The second-order valence-electron chi connectivity index (χ2n) is 5.37. The number of fused-ring (bicyclic) bond motifs is 1. The molecule has 3 rings (SSSR count). The predicted molar refractivity (Wildman–Crippen MR) is 86.8 cm³/mol. The van der Waals surface area contributed by atoms with Crippen LogP contribution in [-0.4, -0.2) is 43.6 Å². The fourth-order valence-corrected chi connectivity index (χ4v) is 2.54. The number of amides is 1. The van der Waals surface area contributed by atoms with Gasteiger partial charge in [-0.3, -0.25) is 9.78 Å². The number of aliphatic hydroxyl groups is 1. The summed E-state index contributed by atoms with van der Waals surface area (Å²) in [5, 5.41) is 9.26. The van der Waals surface area contributed by atoms with Gasteiger partial charge in [0.25, 0.3) is 5.91 Å². The van der Waals surface area contributed by atoms with E-state index >= 15 is 0 Å². The summed E-state index contributed by atoms with van der Waals surface area (Å²) in [6.45, 7) is 0.597. The summed E-state index contributed by atoms with van der Waals surface area (Å²) >= 11 is 0. The molecule has 1 aromatic carbocycles. The smallest absolute Gasteiger partial charge is 0.254 e. The molecule has 2 heterocycles. The third-order valence-electron chi connectivity index (χ3n) is 3.73. The van der Waals surface area contributed by atoms with Gasteiger partial charge in [0.05, 0.1) is 24.0 Å². The summed E-state index contributed by atoms with van der Waals surface area (Å²) in [5.41, 5.74) is 3.24. The van der Waals surface area contributed by atoms with Gasteiger partial charge >= 0.3 is 0 Å². The van der Waals surface area contributed by atoms with Crippen LogP contribution in [0.5, 0.6) is 0 Å². The summed E-state index contributed by atoms with van der Waals surface area (Å²) in [7, 11) is 1.91. The molecule has 23 heavy (non-hydrogen) atoms. The molecule has 0 aliphatic heterocycles. The maximum atomic E-state index is 12.7. The van der Waals surface area contributed by atoms with Crippen LogP contribution >= 0.6 is 0 Å². The van der Waals surface area contributed by atoms with E-state index in [1.807, 2.05) is 29.8 Å². The Balaban J connectivity index is 1.86. The van der Waals surface area contributed by atoms with Gasteiger partial charge in [-0.25, -0.2) is 4.98 Å². The van der Waals surface area contributed by atoms with Crippen molar-refractivity contribution in [1.82, 2.24) is 19.4 Å². The molecule has 0 atom stereocenters. The molecular formula is C17H18N4O2. The maximum absolute atomic E-state index is 12.7. The van der Waals surface area contributed by atoms with E-state index < -0.39 is 0 Å². The van der Waals surface area contributed by atoms with Crippen molar-refractivity contribution in [2.75, 3.05) is 13.2 Å². The number of hydrogen-bond acceptors (Lipinski definition) is 4. The number of carbonyl (C=O) groups excluding carboxylic acids is 1. The minimum absolute atomic E-state index is 0.0855. The maximum Gasteiger partial charge on any atom is 0.254 e. The van der Waals surface area contributed by atoms with Crippen molar-refractivity contribution in [2.45, 2.75) is 6.54 Å². The van der Waals surface area contributed by atoms with Crippen LogP contribution in [0.15, 0.2) is 49.1 Å².